The van der Waals surface area contributed by atoms with Crippen molar-refractivity contribution < 1.29 is 4.74 Å². The highest BCUT2D eigenvalue weighted by Crippen LogP contribution is 2.37. The van der Waals surface area contributed by atoms with E-state index in [1.807, 2.05) is 48.5 Å². The molecule has 0 aliphatic heterocycles. The van der Waals surface area contributed by atoms with Gasteiger partial charge in [0.2, 0.25) is 0 Å². The molecule has 2 heterocycles. The van der Waals surface area contributed by atoms with E-state index in [9.17, 15) is 0 Å². The second-order valence-corrected chi connectivity index (χ2v) is 6.29. The van der Waals surface area contributed by atoms with Crippen molar-refractivity contribution >= 4 is 32.9 Å². The van der Waals surface area contributed by atoms with Crippen LogP contribution in [0.3, 0.4) is 0 Å². The van der Waals surface area contributed by atoms with Crippen molar-refractivity contribution in [2.45, 2.75) is 0 Å². The molecule has 24 heavy (non-hydrogen) atoms. The molecule has 0 saturated carbocycles. The molecule has 0 atom stereocenters. The van der Waals surface area contributed by atoms with Crippen molar-refractivity contribution in [1.29, 1.82) is 0 Å². The van der Waals surface area contributed by atoms with Gasteiger partial charge < -0.3 is 10.1 Å². The van der Waals surface area contributed by atoms with E-state index in [-0.39, 0.29) is 0 Å². The SMILES string of the molecule is COc1cc(Nc2ccncc2)ccc1-c1nc2ccccc2s1. The zero-order chi connectivity index (χ0) is 16.4. The second kappa shape index (κ2) is 6.29. The van der Waals surface area contributed by atoms with Crippen LogP contribution in [0.5, 0.6) is 5.75 Å². The average molecular weight is 333 g/mol. The van der Waals surface area contributed by atoms with Gasteiger partial charge in [-0.2, -0.15) is 0 Å². The molecular formula is C19H15N3OS. The number of thiazole rings is 1. The molecule has 0 unspecified atom stereocenters. The van der Waals surface area contributed by atoms with E-state index in [1.54, 1.807) is 30.8 Å². The second-order valence-electron chi connectivity index (χ2n) is 5.26. The van der Waals surface area contributed by atoms with Crippen LogP contribution in [0.25, 0.3) is 20.8 Å². The van der Waals surface area contributed by atoms with Gasteiger partial charge in [0.25, 0.3) is 0 Å². The third kappa shape index (κ3) is 2.81. The van der Waals surface area contributed by atoms with Gasteiger partial charge in [0.05, 0.1) is 22.9 Å². The summed E-state index contributed by atoms with van der Waals surface area (Å²) in [5.74, 6) is 0.799. The van der Waals surface area contributed by atoms with E-state index in [0.29, 0.717) is 0 Å². The van der Waals surface area contributed by atoms with E-state index in [4.69, 9.17) is 9.72 Å². The number of methoxy groups -OCH3 is 1. The third-order valence-corrected chi connectivity index (χ3v) is 4.76. The van der Waals surface area contributed by atoms with Crippen LogP contribution < -0.4 is 10.1 Å². The van der Waals surface area contributed by atoms with Gasteiger partial charge in [-0.1, -0.05) is 12.1 Å². The average Bonchev–Trinajstić information content (AvgIpc) is 3.06. The highest BCUT2D eigenvalue weighted by atomic mass is 32.1. The van der Waals surface area contributed by atoms with E-state index in [1.165, 1.54) is 4.70 Å². The Bertz CT molecular complexity index is 949. The van der Waals surface area contributed by atoms with Gasteiger partial charge in [-0.15, -0.1) is 11.3 Å². The normalized spacial score (nSPS) is 10.7. The summed E-state index contributed by atoms with van der Waals surface area (Å²) in [5, 5.41) is 4.31. The third-order valence-electron chi connectivity index (χ3n) is 3.69. The first-order valence-electron chi connectivity index (χ1n) is 7.54. The van der Waals surface area contributed by atoms with E-state index in [0.717, 1.165) is 33.2 Å². The number of pyridine rings is 1. The Morgan fingerprint density at radius 2 is 1.79 bits per heavy atom. The van der Waals surface area contributed by atoms with Gasteiger partial charge in [-0.05, 0) is 36.4 Å². The Morgan fingerprint density at radius 1 is 0.958 bits per heavy atom. The lowest BCUT2D eigenvalue weighted by Crippen LogP contribution is -1.93. The number of nitrogens with one attached hydrogen (secondary N) is 1. The maximum absolute atomic E-state index is 5.59. The van der Waals surface area contributed by atoms with Crippen LogP contribution in [0.15, 0.2) is 67.0 Å². The molecule has 1 N–H and O–H groups in total. The van der Waals surface area contributed by atoms with Crippen molar-refractivity contribution in [1.82, 2.24) is 9.97 Å². The lowest BCUT2D eigenvalue weighted by Gasteiger charge is -2.11. The molecule has 0 fully saturated rings. The van der Waals surface area contributed by atoms with Crippen LogP contribution in [-0.2, 0) is 0 Å². The van der Waals surface area contributed by atoms with E-state index < -0.39 is 0 Å². The quantitative estimate of drug-likeness (QED) is 0.564. The molecule has 0 aliphatic rings. The van der Waals surface area contributed by atoms with Gasteiger partial charge in [0, 0.05) is 29.8 Å². The number of fused-ring (bicyclic) bond motifs is 1. The molecule has 0 bridgehead atoms. The first-order chi connectivity index (χ1) is 11.8. The molecule has 4 rings (SSSR count). The Labute approximate surface area is 143 Å². The zero-order valence-corrected chi connectivity index (χ0v) is 13.9. The number of hydrogen-bond acceptors (Lipinski definition) is 5. The van der Waals surface area contributed by atoms with Gasteiger partial charge in [-0.25, -0.2) is 4.98 Å². The number of anilines is 2. The van der Waals surface area contributed by atoms with Crippen LogP contribution in [0, 0.1) is 0 Å². The monoisotopic (exact) mass is 333 g/mol. The molecule has 118 valence electrons. The van der Waals surface area contributed by atoms with Crippen LogP contribution in [0.2, 0.25) is 0 Å². The summed E-state index contributed by atoms with van der Waals surface area (Å²) in [4.78, 5) is 8.74. The van der Waals surface area contributed by atoms with Gasteiger partial charge in [0.15, 0.2) is 0 Å². The highest BCUT2D eigenvalue weighted by Gasteiger charge is 2.12. The summed E-state index contributed by atoms with van der Waals surface area (Å²) in [6.07, 6.45) is 3.52. The largest absolute Gasteiger partial charge is 0.496 e. The molecule has 5 heteroatoms. The number of aromatic nitrogens is 2. The van der Waals surface area contributed by atoms with Crippen LogP contribution >= 0.6 is 11.3 Å². The van der Waals surface area contributed by atoms with Gasteiger partial charge >= 0.3 is 0 Å². The van der Waals surface area contributed by atoms with Crippen molar-refractivity contribution in [3.05, 3.63) is 67.0 Å². The molecule has 0 spiro atoms. The summed E-state index contributed by atoms with van der Waals surface area (Å²) in [7, 11) is 1.68. The van der Waals surface area contributed by atoms with Gasteiger partial charge in [0.1, 0.15) is 10.8 Å². The van der Waals surface area contributed by atoms with Crippen LogP contribution in [0.4, 0.5) is 11.4 Å². The first kappa shape index (κ1) is 14.7. The lowest BCUT2D eigenvalue weighted by atomic mass is 10.2. The number of benzene rings is 2. The van der Waals surface area contributed by atoms with Crippen molar-refractivity contribution in [3.63, 3.8) is 0 Å². The topological polar surface area (TPSA) is 47.0 Å². The molecule has 0 amide bonds. The standard InChI is InChI=1S/C19H15N3OS/c1-23-17-12-14(21-13-8-10-20-11-9-13)6-7-15(17)19-22-16-4-2-3-5-18(16)24-19/h2-12H,1H3,(H,20,21). The fourth-order valence-electron chi connectivity index (χ4n) is 2.53. The first-order valence-corrected chi connectivity index (χ1v) is 8.36. The Morgan fingerprint density at radius 3 is 2.58 bits per heavy atom. The minimum atomic E-state index is 0.799. The van der Waals surface area contributed by atoms with Crippen molar-refractivity contribution in [2.24, 2.45) is 0 Å². The number of rotatable bonds is 4. The Balaban J connectivity index is 1.71. The predicted molar refractivity (Wildman–Crippen MR) is 99.1 cm³/mol. The fraction of sp³-hybridized carbons (Fsp3) is 0.0526. The molecular weight excluding hydrogens is 318 g/mol. The molecule has 4 nitrogen and oxygen atoms in total. The smallest absolute Gasteiger partial charge is 0.131 e. The molecule has 2 aromatic carbocycles. The zero-order valence-electron chi connectivity index (χ0n) is 13.1. The van der Waals surface area contributed by atoms with Crippen molar-refractivity contribution in [2.75, 3.05) is 12.4 Å². The van der Waals surface area contributed by atoms with Crippen LogP contribution in [-0.4, -0.2) is 17.1 Å². The number of para-hydroxylation sites is 1. The molecule has 0 saturated heterocycles. The Hall–Kier alpha value is -2.92. The summed E-state index contributed by atoms with van der Waals surface area (Å²) >= 11 is 1.67. The molecule has 2 aromatic heterocycles. The van der Waals surface area contributed by atoms with Crippen LogP contribution in [0.1, 0.15) is 0 Å². The number of nitrogens with zero attached hydrogens (tertiary/aromatic N) is 2. The molecule has 4 aromatic rings. The number of hydrogen-bond donors (Lipinski definition) is 1. The summed E-state index contributed by atoms with van der Waals surface area (Å²) in [6, 6.07) is 18.1. The van der Waals surface area contributed by atoms with Crippen molar-refractivity contribution in [3.8, 4) is 16.3 Å². The lowest BCUT2D eigenvalue weighted by molar-refractivity contribution is 0.416. The fourth-order valence-corrected chi connectivity index (χ4v) is 3.53. The van der Waals surface area contributed by atoms with Gasteiger partial charge in [-0.3, -0.25) is 4.98 Å². The predicted octanol–water partition coefficient (Wildman–Crippen LogP) is 5.11. The summed E-state index contributed by atoms with van der Waals surface area (Å²) in [5.41, 5.74) is 3.96. The minimum absolute atomic E-state index is 0.799. The maximum atomic E-state index is 5.59. The molecule has 0 aliphatic carbocycles. The molecule has 0 radical (unpaired) electrons. The maximum Gasteiger partial charge on any atom is 0.131 e. The Kier molecular flexibility index (Phi) is 3.84. The minimum Gasteiger partial charge on any atom is -0.496 e. The highest BCUT2D eigenvalue weighted by molar-refractivity contribution is 7.21. The number of ether oxygens (including phenoxy) is 1. The summed E-state index contributed by atoms with van der Waals surface area (Å²) in [6.45, 7) is 0. The summed E-state index contributed by atoms with van der Waals surface area (Å²) < 4.78 is 6.76. The van der Waals surface area contributed by atoms with E-state index >= 15 is 0 Å². The van der Waals surface area contributed by atoms with E-state index in [2.05, 4.69) is 16.4 Å².